The lowest BCUT2D eigenvalue weighted by Crippen LogP contribution is -2.49. The largest absolute Gasteiger partial charge is 0.480 e. The average molecular weight is 335 g/mol. The summed E-state index contributed by atoms with van der Waals surface area (Å²) in [7, 11) is 0. The highest BCUT2D eigenvalue weighted by Gasteiger charge is 2.28. The molecule has 1 unspecified atom stereocenters. The van der Waals surface area contributed by atoms with Gasteiger partial charge in [0.15, 0.2) is 5.75 Å². The summed E-state index contributed by atoms with van der Waals surface area (Å²) in [6.45, 7) is 1.45. The van der Waals surface area contributed by atoms with Crippen LogP contribution < -0.4 is 20.7 Å². The molecule has 128 valence electrons. The number of nitrogens with one attached hydrogen (secondary N) is 1. The molecule has 0 radical (unpaired) electrons. The third kappa shape index (κ3) is 4.22. The summed E-state index contributed by atoms with van der Waals surface area (Å²) in [5, 5.41) is 11.2. The number of esters is 1. The van der Waals surface area contributed by atoms with E-state index in [4.69, 9.17) is 15.6 Å². The first-order valence-corrected chi connectivity index (χ1v) is 7.13. The first kappa shape index (κ1) is 17.3. The molecule has 1 aliphatic rings. The van der Waals surface area contributed by atoms with Gasteiger partial charge in [-0.15, -0.1) is 0 Å². The van der Waals surface area contributed by atoms with E-state index in [2.05, 4.69) is 5.32 Å². The maximum absolute atomic E-state index is 12.1. The van der Waals surface area contributed by atoms with Crippen LogP contribution in [-0.2, 0) is 19.2 Å². The molecule has 4 N–H and O–H groups in total. The van der Waals surface area contributed by atoms with Gasteiger partial charge in [0.2, 0.25) is 11.8 Å². The van der Waals surface area contributed by atoms with E-state index in [1.165, 1.54) is 4.90 Å². The number of carbonyl (C=O) groups is 4. The molecule has 0 spiro atoms. The van der Waals surface area contributed by atoms with Crippen LogP contribution in [0.5, 0.6) is 5.75 Å². The number of carboxylic acid groups (broad SMARTS) is 1. The zero-order valence-corrected chi connectivity index (χ0v) is 12.9. The molecular weight excluding hydrogens is 318 g/mol. The molecule has 0 saturated carbocycles. The number of carboxylic acids is 1. The monoisotopic (exact) mass is 335 g/mol. The molecule has 0 bridgehead atoms. The van der Waals surface area contributed by atoms with Crippen LogP contribution >= 0.6 is 0 Å². The molecule has 1 aromatic carbocycles. The van der Waals surface area contributed by atoms with Gasteiger partial charge < -0.3 is 25.8 Å². The second-order valence-corrected chi connectivity index (χ2v) is 5.43. The second-order valence-electron chi connectivity index (χ2n) is 5.43. The normalized spacial score (nSPS) is 14.4. The number of hydrogen-bond donors (Lipinski definition) is 3. The highest BCUT2D eigenvalue weighted by atomic mass is 16.5. The number of aryl methyl sites for hydroxylation is 1. The van der Waals surface area contributed by atoms with Crippen molar-refractivity contribution < 1.29 is 29.0 Å². The number of ether oxygens (including phenoxy) is 1. The van der Waals surface area contributed by atoms with Crippen LogP contribution in [0, 0.1) is 6.92 Å². The lowest BCUT2D eigenvalue weighted by atomic mass is 10.1. The van der Waals surface area contributed by atoms with Crippen LogP contribution in [0.3, 0.4) is 0 Å². The number of fused-ring (bicyclic) bond motifs is 1. The maximum atomic E-state index is 12.1. The summed E-state index contributed by atoms with van der Waals surface area (Å²) in [5.41, 5.74) is 6.44. The fourth-order valence-corrected chi connectivity index (χ4v) is 2.31. The van der Waals surface area contributed by atoms with Gasteiger partial charge in [-0.25, -0.2) is 9.59 Å². The van der Waals surface area contributed by atoms with Crippen molar-refractivity contribution in [3.63, 3.8) is 0 Å². The van der Waals surface area contributed by atoms with Crippen LogP contribution in [0.25, 0.3) is 0 Å². The van der Waals surface area contributed by atoms with E-state index in [9.17, 15) is 19.2 Å². The Labute approximate surface area is 137 Å². The van der Waals surface area contributed by atoms with Crippen molar-refractivity contribution in [3.05, 3.63) is 23.8 Å². The van der Waals surface area contributed by atoms with Crippen molar-refractivity contribution in [1.29, 1.82) is 0 Å². The molecule has 0 aliphatic carbocycles. The molecule has 1 heterocycles. The third-order valence-corrected chi connectivity index (χ3v) is 3.37. The molecule has 9 heteroatoms. The molecule has 9 nitrogen and oxygen atoms in total. The van der Waals surface area contributed by atoms with Gasteiger partial charge in [0.1, 0.15) is 12.6 Å². The van der Waals surface area contributed by atoms with Gasteiger partial charge in [-0.2, -0.15) is 0 Å². The molecule has 24 heavy (non-hydrogen) atoms. The number of rotatable bonds is 6. The smallest absolute Gasteiger partial charge is 0.331 e. The van der Waals surface area contributed by atoms with E-state index < -0.39 is 36.2 Å². The Morgan fingerprint density at radius 1 is 1.42 bits per heavy atom. The zero-order valence-electron chi connectivity index (χ0n) is 12.9. The number of hydrogen-bond acceptors (Lipinski definition) is 6. The van der Waals surface area contributed by atoms with E-state index in [1.807, 2.05) is 6.92 Å². The molecule has 1 aromatic rings. The highest BCUT2D eigenvalue weighted by Crippen LogP contribution is 2.32. The number of nitrogens with zero attached hydrogens (tertiary/aromatic N) is 1. The average Bonchev–Trinajstić information content (AvgIpc) is 2.46. The molecular formula is C15H17N3O6. The molecule has 0 saturated heterocycles. The third-order valence-electron chi connectivity index (χ3n) is 3.37. The Hall–Kier alpha value is -3.10. The molecule has 0 fully saturated rings. The predicted octanol–water partition coefficient (Wildman–Crippen LogP) is -0.835. The van der Waals surface area contributed by atoms with Crippen molar-refractivity contribution in [2.45, 2.75) is 19.4 Å². The molecule has 2 amide bonds. The predicted molar refractivity (Wildman–Crippen MR) is 82.4 cm³/mol. The second kappa shape index (κ2) is 6.99. The van der Waals surface area contributed by atoms with E-state index >= 15 is 0 Å². The van der Waals surface area contributed by atoms with Gasteiger partial charge in [-0.05, 0) is 24.6 Å². The SMILES string of the molecule is Cc1ccc2c(c1)N(CC(=O)NC(CC(N)=O)C(=O)O)CC(=O)O2. The van der Waals surface area contributed by atoms with Crippen molar-refractivity contribution in [2.75, 3.05) is 18.0 Å². The van der Waals surface area contributed by atoms with Gasteiger partial charge >= 0.3 is 11.9 Å². The first-order chi connectivity index (χ1) is 11.3. The first-order valence-electron chi connectivity index (χ1n) is 7.13. The Kier molecular flexibility index (Phi) is 5.02. The summed E-state index contributed by atoms with van der Waals surface area (Å²) < 4.78 is 5.10. The van der Waals surface area contributed by atoms with Gasteiger partial charge in [-0.1, -0.05) is 6.07 Å². The van der Waals surface area contributed by atoms with Crippen LogP contribution in [0.4, 0.5) is 5.69 Å². The minimum absolute atomic E-state index is 0.141. The lowest BCUT2D eigenvalue weighted by Gasteiger charge is -2.29. The van der Waals surface area contributed by atoms with Crippen LogP contribution in [0.1, 0.15) is 12.0 Å². The lowest BCUT2D eigenvalue weighted by molar-refractivity contribution is -0.143. The van der Waals surface area contributed by atoms with Gasteiger partial charge in [0.25, 0.3) is 0 Å². The standard InChI is InChI=1S/C15H17N3O6/c1-8-2-3-11-10(4-8)18(7-14(21)24-11)6-13(20)17-9(15(22)23)5-12(16)19/h2-4,9H,5-7H2,1H3,(H2,16,19)(H,17,20)(H,22,23). The maximum Gasteiger partial charge on any atom is 0.331 e. The highest BCUT2D eigenvalue weighted by molar-refractivity contribution is 5.92. The Bertz CT molecular complexity index is 702. The quantitative estimate of drug-likeness (QED) is 0.455. The van der Waals surface area contributed by atoms with E-state index in [-0.39, 0.29) is 13.1 Å². The molecule has 1 aliphatic heterocycles. The number of carbonyl (C=O) groups excluding carboxylic acids is 3. The Morgan fingerprint density at radius 3 is 2.75 bits per heavy atom. The summed E-state index contributed by atoms with van der Waals surface area (Å²) in [6, 6.07) is 3.74. The molecule has 1 atom stereocenters. The summed E-state index contributed by atoms with van der Waals surface area (Å²) in [5.74, 6) is -3.05. The fourth-order valence-electron chi connectivity index (χ4n) is 2.31. The fraction of sp³-hybridized carbons (Fsp3) is 0.333. The topological polar surface area (TPSA) is 139 Å². The number of primary amides is 1. The van der Waals surface area contributed by atoms with Gasteiger partial charge in [0.05, 0.1) is 18.7 Å². The van der Waals surface area contributed by atoms with E-state index in [0.717, 1.165) is 5.56 Å². The molecule has 0 aromatic heterocycles. The van der Waals surface area contributed by atoms with E-state index in [1.54, 1.807) is 18.2 Å². The number of nitrogens with two attached hydrogens (primary N) is 1. The number of benzene rings is 1. The van der Waals surface area contributed by atoms with Gasteiger partial charge in [0, 0.05) is 0 Å². The number of amides is 2. The van der Waals surface area contributed by atoms with Crippen molar-refractivity contribution in [3.8, 4) is 5.75 Å². The molecule has 2 rings (SSSR count). The summed E-state index contributed by atoms with van der Waals surface area (Å²) in [6.07, 6.45) is -0.515. The van der Waals surface area contributed by atoms with Crippen molar-refractivity contribution >= 4 is 29.4 Å². The van der Waals surface area contributed by atoms with E-state index in [0.29, 0.717) is 11.4 Å². The van der Waals surface area contributed by atoms with Gasteiger partial charge in [-0.3, -0.25) is 9.59 Å². The minimum atomic E-state index is -1.41. The number of anilines is 1. The van der Waals surface area contributed by atoms with Crippen molar-refractivity contribution in [1.82, 2.24) is 5.32 Å². The minimum Gasteiger partial charge on any atom is -0.480 e. The summed E-state index contributed by atoms with van der Waals surface area (Å²) >= 11 is 0. The van der Waals surface area contributed by atoms with Crippen molar-refractivity contribution in [2.24, 2.45) is 5.73 Å². The van der Waals surface area contributed by atoms with Crippen LogP contribution in [0.15, 0.2) is 18.2 Å². The summed E-state index contributed by atoms with van der Waals surface area (Å²) in [4.78, 5) is 47.1. The Morgan fingerprint density at radius 2 is 2.12 bits per heavy atom. The zero-order chi connectivity index (χ0) is 17.9. The van der Waals surface area contributed by atoms with Crippen LogP contribution in [0.2, 0.25) is 0 Å². The number of aliphatic carboxylic acids is 1. The van der Waals surface area contributed by atoms with Crippen LogP contribution in [-0.4, -0.2) is 48.0 Å². The Balaban J connectivity index is 2.11.